The van der Waals surface area contributed by atoms with E-state index in [2.05, 4.69) is 15.5 Å². The maximum atomic E-state index is 13.4. The highest BCUT2D eigenvalue weighted by atomic mass is 35.5. The van der Waals surface area contributed by atoms with Gasteiger partial charge in [-0.3, -0.25) is 9.69 Å². The first-order chi connectivity index (χ1) is 15.1. The number of anilines is 1. The molecule has 0 aliphatic carbocycles. The molecule has 1 aromatic carbocycles. The minimum absolute atomic E-state index is 0.0610. The number of amides is 3. The van der Waals surface area contributed by atoms with Gasteiger partial charge >= 0.3 is 6.03 Å². The number of carbonyl (C=O) groups excluding carboxylic acids is 2. The summed E-state index contributed by atoms with van der Waals surface area (Å²) in [4.78, 5) is 31.1. The monoisotopic (exact) mass is 462 g/mol. The van der Waals surface area contributed by atoms with E-state index in [1.807, 2.05) is 22.4 Å². The maximum absolute atomic E-state index is 13.4. The molecule has 31 heavy (non-hydrogen) atoms. The van der Waals surface area contributed by atoms with Gasteiger partial charge in [-0.25, -0.2) is 4.79 Å². The highest BCUT2D eigenvalue weighted by Gasteiger charge is 2.33. The first-order valence-corrected chi connectivity index (χ1v) is 11.8. The van der Waals surface area contributed by atoms with Crippen molar-refractivity contribution in [3.63, 3.8) is 0 Å². The Hall–Kier alpha value is -2.13. The van der Waals surface area contributed by atoms with Crippen LogP contribution in [0.1, 0.15) is 23.8 Å². The van der Waals surface area contributed by atoms with E-state index in [1.54, 1.807) is 24.3 Å². The van der Waals surface area contributed by atoms with Gasteiger partial charge in [0.15, 0.2) is 0 Å². The Morgan fingerprint density at radius 3 is 2.42 bits per heavy atom. The number of piperidine rings is 1. The van der Waals surface area contributed by atoms with E-state index in [4.69, 9.17) is 16.3 Å². The van der Waals surface area contributed by atoms with Crippen LogP contribution in [-0.4, -0.2) is 67.2 Å². The summed E-state index contributed by atoms with van der Waals surface area (Å²) in [5, 5.41) is 8.15. The molecule has 0 spiro atoms. The number of likely N-dealkylation sites (tertiary alicyclic amines) is 1. The lowest BCUT2D eigenvalue weighted by atomic mass is 10.0. The van der Waals surface area contributed by atoms with Crippen LogP contribution in [0.2, 0.25) is 5.02 Å². The Morgan fingerprint density at radius 2 is 1.77 bits per heavy atom. The predicted octanol–water partition coefficient (Wildman–Crippen LogP) is 3.59. The van der Waals surface area contributed by atoms with Crippen molar-refractivity contribution in [1.29, 1.82) is 0 Å². The first kappa shape index (κ1) is 22.1. The van der Waals surface area contributed by atoms with Crippen LogP contribution < -0.4 is 10.6 Å². The molecule has 2 aliphatic heterocycles. The van der Waals surface area contributed by atoms with Crippen LogP contribution in [0.3, 0.4) is 0 Å². The molecule has 0 saturated carbocycles. The zero-order chi connectivity index (χ0) is 21.6. The van der Waals surface area contributed by atoms with Crippen LogP contribution in [-0.2, 0) is 9.53 Å². The number of urea groups is 1. The fourth-order valence-corrected chi connectivity index (χ4v) is 5.01. The summed E-state index contributed by atoms with van der Waals surface area (Å²) in [7, 11) is 0. The van der Waals surface area contributed by atoms with Crippen molar-refractivity contribution in [2.45, 2.75) is 24.9 Å². The third-order valence-electron chi connectivity index (χ3n) is 5.79. The molecule has 3 amide bonds. The summed E-state index contributed by atoms with van der Waals surface area (Å²) in [6.45, 7) is 4.89. The maximum Gasteiger partial charge on any atom is 0.320 e. The number of carbonyl (C=O) groups is 2. The number of thiophene rings is 1. The highest BCUT2D eigenvalue weighted by molar-refractivity contribution is 7.10. The summed E-state index contributed by atoms with van der Waals surface area (Å²) >= 11 is 7.37. The second kappa shape index (κ2) is 10.5. The van der Waals surface area contributed by atoms with Crippen molar-refractivity contribution in [2.24, 2.45) is 0 Å². The molecule has 4 rings (SSSR count). The van der Waals surface area contributed by atoms with Gasteiger partial charge in [0.1, 0.15) is 6.04 Å². The minimum atomic E-state index is -0.702. The standard InChI is InChI=1S/C22H27ClN4O3S/c23-16-3-5-17(6-4-16)24-22(29)25-20(19-2-1-15-31-19)21(28)27-9-7-18(8-10-27)26-11-13-30-14-12-26/h1-6,15,18,20H,7-14H2,(H2,24,25,29)/t20-/m0/s1. The fourth-order valence-electron chi connectivity index (χ4n) is 4.12. The molecule has 1 atom stereocenters. The van der Waals surface area contributed by atoms with Crippen LogP contribution >= 0.6 is 22.9 Å². The van der Waals surface area contributed by atoms with Crippen molar-refractivity contribution < 1.29 is 14.3 Å². The number of benzene rings is 1. The van der Waals surface area contributed by atoms with Gasteiger partial charge in [0, 0.05) is 47.8 Å². The first-order valence-electron chi connectivity index (χ1n) is 10.6. The largest absolute Gasteiger partial charge is 0.379 e. The van der Waals surface area contributed by atoms with Gasteiger partial charge in [0.25, 0.3) is 5.91 Å². The molecule has 7 nitrogen and oxygen atoms in total. The quantitative estimate of drug-likeness (QED) is 0.712. The Morgan fingerprint density at radius 1 is 1.06 bits per heavy atom. The number of nitrogens with one attached hydrogen (secondary N) is 2. The molecular weight excluding hydrogens is 436 g/mol. The zero-order valence-electron chi connectivity index (χ0n) is 17.3. The van der Waals surface area contributed by atoms with Crippen LogP contribution in [0.5, 0.6) is 0 Å². The van der Waals surface area contributed by atoms with E-state index < -0.39 is 12.1 Å². The van der Waals surface area contributed by atoms with Crippen LogP contribution in [0.4, 0.5) is 10.5 Å². The molecule has 3 heterocycles. The number of hydrogen-bond donors (Lipinski definition) is 2. The summed E-state index contributed by atoms with van der Waals surface area (Å²) in [6, 6.07) is 10.0. The molecule has 0 bridgehead atoms. The Kier molecular flexibility index (Phi) is 7.45. The number of morpholine rings is 1. The molecule has 1 aromatic heterocycles. The summed E-state index contributed by atoms with van der Waals surface area (Å²) < 4.78 is 5.45. The Bertz CT molecular complexity index is 863. The van der Waals surface area contributed by atoms with Gasteiger partial charge in [0.05, 0.1) is 13.2 Å². The second-order valence-corrected chi connectivity index (χ2v) is 9.17. The molecule has 0 radical (unpaired) electrons. The lowest BCUT2D eigenvalue weighted by Crippen LogP contribution is -2.52. The van der Waals surface area contributed by atoms with Gasteiger partial charge in [-0.15, -0.1) is 11.3 Å². The van der Waals surface area contributed by atoms with Gasteiger partial charge < -0.3 is 20.3 Å². The average Bonchev–Trinajstić information content (AvgIpc) is 3.34. The van der Waals surface area contributed by atoms with E-state index >= 15 is 0 Å². The molecule has 2 aliphatic rings. The van der Waals surface area contributed by atoms with Crippen molar-refractivity contribution in [1.82, 2.24) is 15.1 Å². The lowest BCUT2D eigenvalue weighted by Gasteiger charge is -2.40. The molecule has 166 valence electrons. The van der Waals surface area contributed by atoms with Gasteiger partial charge in [-0.1, -0.05) is 17.7 Å². The topological polar surface area (TPSA) is 73.9 Å². The second-order valence-electron chi connectivity index (χ2n) is 7.76. The molecular formula is C22H27ClN4O3S. The van der Waals surface area contributed by atoms with Crippen LogP contribution in [0.15, 0.2) is 41.8 Å². The van der Waals surface area contributed by atoms with Crippen LogP contribution in [0, 0.1) is 0 Å². The van der Waals surface area contributed by atoms with Gasteiger partial charge in [-0.2, -0.15) is 0 Å². The lowest BCUT2D eigenvalue weighted by molar-refractivity contribution is -0.135. The Labute approximate surface area is 191 Å². The minimum Gasteiger partial charge on any atom is -0.379 e. The summed E-state index contributed by atoms with van der Waals surface area (Å²) in [5.41, 5.74) is 0.616. The smallest absolute Gasteiger partial charge is 0.320 e. The van der Waals surface area contributed by atoms with Crippen molar-refractivity contribution in [3.8, 4) is 0 Å². The van der Waals surface area contributed by atoms with E-state index in [0.29, 0.717) is 29.8 Å². The van der Waals surface area contributed by atoms with Gasteiger partial charge in [-0.05, 0) is 48.6 Å². The van der Waals surface area contributed by atoms with Gasteiger partial charge in [0.2, 0.25) is 0 Å². The van der Waals surface area contributed by atoms with E-state index in [0.717, 1.165) is 44.0 Å². The highest BCUT2D eigenvalue weighted by Crippen LogP contribution is 2.25. The van der Waals surface area contributed by atoms with E-state index in [-0.39, 0.29) is 5.91 Å². The zero-order valence-corrected chi connectivity index (χ0v) is 18.8. The van der Waals surface area contributed by atoms with Crippen molar-refractivity contribution >= 4 is 40.6 Å². The fraction of sp³-hybridized carbons (Fsp3) is 0.455. The number of nitrogens with zero attached hydrogens (tertiary/aromatic N) is 2. The summed E-state index contributed by atoms with van der Waals surface area (Å²) in [5.74, 6) is -0.0610. The number of halogens is 1. The molecule has 2 saturated heterocycles. The van der Waals surface area contributed by atoms with Crippen LogP contribution in [0.25, 0.3) is 0 Å². The molecule has 0 unspecified atom stereocenters. The molecule has 2 aromatic rings. The molecule has 2 fully saturated rings. The third-order valence-corrected chi connectivity index (χ3v) is 6.98. The SMILES string of the molecule is O=C(Nc1ccc(Cl)cc1)N[C@H](C(=O)N1CCC(N2CCOCC2)CC1)c1cccs1. The van der Waals surface area contributed by atoms with E-state index in [1.165, 1.54) is 11.3 Å². The van der Waals surface area contributed by atoms with Crippen molar-refractivity contribution in [2.75, 3.05) is 44.7 Å². The normalized spacial score (nSPS) is 19.1. The number of rotatable bonds is 5. The van der Waals surface area contributed by atoms with Crippen molar-refractivity contribution in [3.05, 3.63) is 51.7 Å². The summed E-state index contributed by atoms with van der Waals surface area (Å²) in [6.07, 6.45) is 1.89. The number of ether oxygens (including phenoxy) is 1. The molecule has 9 heteroatoms. The Balaban J connectivity index is 1.37. The number of hydrogen-bond acceptors (Lipinski definition) is 5. The average molecular weight is 463 g/mol. The molecule has 2 N–H and O–H groups in total. The third kappa shape index (κ3) is 5.77. The predicted molar refractivity (Wildman–Crippen MR) is 123 cm³/mol. The van der Waals surface area contributed by atoms with E-state index in [9.17, 15) is 9.59 Å².